The van der Waals surface area contributed by atoms with Crippen molar-refractivity contribution in [2.45, 2.75) is 11.9 Å². The first kappa shape index (κ1) is 13.6. The molecule has 0 radical (unpaired) electrons. The molecule has 8 amide bonds. The lowest BCUT2D eigenvalue weighted by Crippen LogP contribution is -2.71. The lowest BCUT2D eigenvalue weighted by Gasteiger charge is -2.32. The van der Waals surface area contributed by atoms with E-state index in [4.69, 9.17) is 0 Å². The molecule has 0 saturated carbocycles. The molecule has 0 aromatic heterocycles. The van der Waals surface area contributed by atoms with E-state index in [1.165, 1.54) is 10.6 Å². The van der Waals surface area contributed by atoms with Crippen molar-refractivity contribution in [3.63, 3.8) is 0 Å². The van der Waals surface area contributed by atoms with E-state index >= 15 is 0 Å². The third-order valence-electron chi connectivity index (χ3n) is 2.31. The van der Waals surface area contributed by atoms with Gasteiger partial charge in [-0.05, 0) is 0 Å². The van der Waals surface area contributed by atoms with Gasteiger partial charge in [-0.3, -0.25) is 40.4 Å². The number of hydrogen-bond donors (Lipinski definition) is 5. The van der Waals surface area contributed by atoms with Crippen LogP contribution in [0.3, 0.4) is 0 Å². The summed E-state index contributed by atoms with van der Waals surface area (Å²) >= 11 is 0. The van der Waals surface area contributed by atoms with Crippen LogP contribution in [0.5, 0.6) is 0 Å². The number of aliphatic hydroxyl groups is 1. The Morgan fingerprint density at radius 3 is 1.65 bits per heavy atom. The van der Waals surface area contributed by atoms with Gasteiger partial charge in [-0.1, -0.05) is 0 Å². The molecule has 2 rings (SSSR count). The zero-order valence-electron chi connectivity index (χ0n) is 9.38. The minimum absolute atomic E-state index is 1.13. The summed E-state index contributed by atoms with van der Waals surface area (Å²) in [5.41, 5.74) is 0. The van der Waals surface area contributed by atoms with Crippen LogP contribution in [0.1, 0.15) is 0 Å². The van der Waals surface area contributed by atoms with E-state index in [0.717, 1.165) is 0 Å². The van der Waals surface area contributed by atoms with Crippen molar-refractivity contribution < 1.29 is 38.6 Å². The molecule has 2 heterocycles. The second-order valence-corrected chi connectivity index (χ2v) is 3.69. The molecule has 2 aliphatic heterocycles. The fourth-order valence-electron chi connectivity index (χ4n) is 1.40. The predicted octanol–water partition coefficient (Wildman–Crippen LogP) is -4.21. The molecular formula is C8H6N4O8. The number of carbonyl (C=O) groups is 6. The number of hydrogen-bond acceptors (Lipinski definition) is 8. The average molecular weight is 286 g/mol. The van der Waals surface area contributed by atoms with Gasteiger partial charge in [-0.25, -0.2) is 9.59 Å². The normalized spacial score (nSPS) is 22.9. The number of rotatable bonds is 2. The van der Waals surface area contributed by atoms with Gasteiger partial charge in [0.2, 0.25) is 6.10 Å². The van der Waals surface area contributed by atoms with Gasteiger partial charge >= 0.3 is 17.8 Å². The summed E-state index contributed by atoms with van der Waals surface area (Å²) in [4.78, 5) is 67.1. The Morgan fingerprint density at radius 1 is 0.800 bits per heavy atom. The summed E-state index contributed by atoms with van der Waals surface area (Å²) in [5.74, 6) is -9.00. The van der Waals surface area contributed by atoms with E-state index in [1.807, 2.05) is 0 Å². The SMILES string of the molecule is O=C1NC(=O)C(OC2(O)C(=O)NC(=O)NC2=O)C(=O)N1. The van der Waals surface area contributed by atoms with Crippen molar-refractivity contribution in [3.8, 4) is 0 Å². The molecular weight excluding hydrogens is 280 g/mol. The van der Waals surface area contributed by atoms with Crippen molar-refractivity contribution in [1.82, 2.24) is 21.3 Å². The number of amides is 8. The summed E-state index contributed by atoms with van der Waals surface area (Å²) < 4.78 is 4.47. The minimum atomic E-state index is -3.27. The molecule has 12 heteroatoms. The maximum atomic E-state index is 11.4. The molecule has 0 bridgehead atoms. The summed E-state index contributed by atoms with van der Waals surface area (Å²) in [5, 5.41) is 16.0. The van der Waals surface area contributed by atoms with Crippen LogP contribution >= 0.6 is 0 Å². The molecule has 5 N–H and O–H groups in total. The van der Waals surface area contributed by atoms with E-state index in [0.29, 0.717) is 0 Å². The van der Waals surface area contributed by atoms with Crippen LogP contribution in [-0.2, 0) is 23.9 Å². The van der Waals surface area contributed by atoms with Crippen molar-refractivity contribution in [2.24, 2.45) is 0 Å². The van der Waals surface area contributed by atoms with Crippen LogP contribution in [0.15, 0.2) is 0 Å². The fraction of sp³-hybridized carbons (Fsp3) is 0.250. The van der Waals surface area contributed by atoms with E-state index in [9.17, 15) is 33.9 Å². The first-order chi connectivity index (χ1) is 9.24. The van der Waals surface area contributed by atoms with Gasteiger partial charge in [-0.2, -0.15) is 0 Å². The zero-order valence-corrected chi connectivity index (χ0v) is 9.38. The molecule has 20 heavy (non-hydrogen) atoms. The number of nitrogens with one attached hydrogen (secondary N) is 4. The Kier molecular flexibility index (Phi) is 2.96. The Balaban J connectivity index is 2.23. The predicted molar refractivity (Wildman–Crippen MR) is 53.2 cm³/mol. The lowest BCUT2D eigenvalue weighted by molar-refractivity contribution is -0.222. The summed E-state index contributed by atoms with van der Waals surface area (Å²) in [6.07, 6.45) is -2.14. The first-order valence-electron chi connectivity index (χ1n) is 4.97. The summed E-state index contributed by atoms with van der Waals surface area (Å²) in [6, 6.07) is -2.33. The molecule has 12 nitrogen and oxygen atoms in total. The molecule has 0 spiro atoms. The smallest absolute Gasteiger partial charge is 0.331 e. The molecule has 2 aliphatic rings. The molecule has 0 aromatic carbocycles. The van der Waals surface area contributed by atoms with Crippen LogP contribution < -0.4 is 21.3 Å². The largest absolute Gasteiger partial charge is 0.351 e. The van der Waals surface area contributed by atoms with Crippen LogP contribution in [0.2, 0.25) is 0 Å². The number of ether oxygens (including phenoxy) is 1. The second-order valence-electron chi connectivity index (χ2n) is 3.69. The van der Waals surface area contributed by atoms with Gasteiger partial charge in [0.15, 0.2) is 0 Å². The van der Waals surface area contributed by atoms with E-state index in [-0.39, 0.29) is 0 Å². The van der Waals surface area contributed by atoms with Crippen LogP contribution in [0, 0.1) is 0 Å². The third kappa shape index (κ3) is 2.08. The van der Waals surface area contributed by atoms with Crippen molar-refractivity contribution >= 4 is 35.7 Å². The Bertz CT molecular complexity index is 529. The Morgan fingerprint density at radius 2 is 1.20 bits per heavy atom. The average Bonchev–Trinajstić information content (AvgIpc) is 2.31. The van der Waals surface area contributed by atoms with Crippen molar-refractivity contribution in [1.29, 1.82) is 0 Å². The van der Waals surface area contributed by atoms with E-state index in [1.54, 1.807) is 10.6 Å². The van der Waals surface area contributed by atoms with Crippen molar-refractivity contribution in [2.75, 3.05) is 0 Å². The maximum absolute atomic E-state index is 11.4. The number of urea groups is 2. The van der Waals surface area contributed by atoms with Gasteiger partial charge < -0.3 is 9.84 Å². The minimum Gasteiger partial charge on any atom is -0.351 e. The molecule has 0 atom stereocenters. The lowest BCUT2D eigenvalue weighted by atomic mass is 10.1. The molecule has 106 valence electrons. The summed E-state index contributed by atoms with van der Waals surface area (Å²) in [6.45, 7) is 0. The van der Waals surface area contributed by atoms with E-state index < -0.39 is 47.6 Å². The highest BCUT2D eigenvalue weighted by Crippen LogP contribution is 2.15. The quantitative estimate of drug-likeness (QED) is 0.250. The molecule has 2 saturated heterocycles. The molecule has 0 unspecified atom stereocenters. The third-order valence-corrected chi connectivity index (χ3v) is 2.31. The molecule has 0 aromatic rings. The van der Waals surface area contributed by atoms with Gasteiger partial charge in [0.05, 0.1) is 0 Å². The highest BCUT2D eigenvalue weighted by atomic mass is 16.7. The van der Waals surface area contributed by atoms with E-state index in [2.05, 4.69) is 4.74 Å². The van der Waals surface area contributed by atoms with Crippen molar-refractivity contribution in [3.05, 3.63) is 0 Å². The topological polar surface area (TPSA) is 180 Å². The zero-order chi connectivity index (χ0) is 15.1. The number of barbiturate groups is 2. The number of carbonyl (C=O) groups excluding carboxylic acids is 6. The van der Waals surface area contributed by atoms with Crippen LogP contribution in [0.4, 0.5) is 9.59 Å². The number of imide groups is 4. The maximum Gasteiger partial charge on any atom is 0.331 e. The summed E-state index contributed by atoms with van der Waals surface area (Å²) in [7, 11) is 0. The molecule has 0 aliphatic carbocycles. The molecule has 2 fully saturated rings. The highest BCUT2D eigenvalue weighted by molar-refractivity contribution is 6.22. The highest BCUT2D eigenvalue weighted by Gasteiger charge is 2.55. The fourth-order valence-corrected chi connectivity index (χ4v) is 1.40. The Labute approximate surface area is 108 Å². The van der Waals surface area contributed by atoms with Crippen LogP contribution in [-0.4, -0.2) is 52.7 Å². The van der Waals surface area contributed by atoms with Crippen LogP contribution in [0.25, 0.3) is 0 Å². The Hall–Kier alpha value is -2.86. The van der Waals surface area contributed by atoms with Gasteiger partial charge in [0, 0.05) is 0 Å². The van der Waals surface area contributed by atoms with Gasteiger partial charge in [-0.15, -0.1) is 0 Å². The second kappa shape index (κ2) is 4.36. The monoisotopic (exact) mass is 286 g/mol. The van der Waals surface area contributed by atoms with Gasteiger partial charge in [0.1, 0.15) is 0 Å². The standard InChI is InChI=1S/C8H6N4O8/c13-2-1(3(14)10-6(17)9-2)20-8(19)4(15)11-7(18)12-5(8)16/h1,19H,(H2,9,10,13,14,17)(H2,11,12,15,16,18). The first-order valence-corrected chi connectivity index (χ1v) is 4.97. The van der Waals surface area contributed by atoms with Gasteiger partial charge in [0.25, 0.3) is 23.6 Å².